The second-order valence-corrected chi connectivity index (χ2v) is 14.6. The summed E-state index contributed by atoms with van der Waals surface area (Å²) in [6, 6.07) is 22.5. The first-order valence-electron chi connectivity index (χ1n) is 14.6. The van der Waals surface area contributed by atoms with Crippen LogP contribution in [0.5, 0.6) is 0 Å². The molecule has 3 saturated carbocycles. The van der Waals surface area contributed by atoms with Crippen LogP contribution in [0.25, 0.3) is 0 Å². The van der Waals surface area contributed by atoms with E-state index in [1.807, 2.05) is 0 Å². The quantitative estimate of drug-likeness (QED) is 0.405. The highest BCUT2D eigenvalue weighted by Crippen LogP contribution is 2.64. The van der Waals surface area contributed by atoms with Crippen molar-refractivity contribution < 1.29 is 0 Å². The van der Waals surface area contributed by atoms with Crippen LogP contribution in [0.15, 0.2) is 65.7 Å². The van der Waals surface area contributed by atoms with E-state index >= 15 is 0 Å². The van der Waals surface area contributed by atoms with Gasteiger partial charge in [0, 0.05) is 5.92 Å². The first-order valence-corrected chi connectivity index (χ1v) is 16.1. The number of hydrogen-bond acceptors (Lipinski definition) is 2. The minimum absolute atomic E-state index is 0.0886. The van der Waals surface area contributed by atoms with Gasteiger partial charge in [0.2, 0.25) is 0 Å². The molecule has 0 bridgehead atoms. The molecule has 0 amide bonds. The summed E-state index contributed by atoms with van der Waals surface area (Å²) in [6.45, 7) is 0. The van der Waals surface area contributed by atoms with E-state index in [-0.39, 0.29) is 20.0 Å². The van der Waals surface area contributed by atoms with Crippen LogP contribution in [0.4, 0.5) is 0 Å². The highest BCUT2D eigenvalue weighted by atomic mass is 31.1. The molecule has 2 nitrogen and oxygen atoms in total. The van der Waals surface area contributed by atoms with Gasteiger partial charge in [0.1, 0.15) is 11.9 Å². The van der Waals surface area contributed by atoms with E-state index in [4.69, 9.17) is 4.99 Å². The molecule has 6 rings (SSSR count). The topological polar surface area (TPSA) is 24.4 Å². The zero-order valence-electron chi connectivity index (χ0n) is 21.3. The molecular formula is C32H43N2P. The second-order valence-electron chi connectivity index (χ2n) is 11.5. The molecule has 1 N–H and O–H groups in total. The number of nitrogens with zero attached hydrogens (tertiary/aromatic N) is 1. The largest absolute Gasteiger partial charge is 0.364 e. The van der Waals surface area contributed by atoms with Crippen molar-refractivity contribution in [3.63, 3.8) is 0 Å². The molecule has 0 spiro atoms. The summed E-state index contributed by atoms with van der Waals surface area (Å²) in [4.78, 5) is 5.54. The lowest BCUT2D eigenvalue weighted by atomic mass is 9.95. The summed E-state index contributed by atoms with van der Waals surface area (Å²) in [7, 11) is 0.0886. The lowest BCUT2D eigenvalue weighted by Crippen LogP contribution is -2.36. The summed E-state index contributed by atoms with van der Waals surface area (Å²) >= 11 is 0. The molecule has 3 fully saturated rings. The van der Waals surface area contributed by atoms with Gasteiger partial charge in [-0.3, -0.25) is 4.99 Å². The van der Waals surface area contributed by atoms with Crippen LogP contribution < -0.4 is 5.32 Å². The Morgan fingerprint density at radius 3 is 1.77 bits per heavy atom. The molecule has 1 heterocycles. The summed E-state index contributed by atoms with van der Waals surface area (Å²) in [6.07, 6.45) is 19.2. The van der Waals surface area contributed by atoms with Gasteiger partial charge in [-0.15, -0.1) is 0 Å². The molecule has 1 aliphatic heterocycles. The summed E-state index contributed by atoms with van der Waals surface area (Å²) in [5, 5.41) is 4.05. The van der Waals surface area contributed by atoms with Crippen molar-refractivity contribution in [2.45, 2.75) is 113 Å². The molecule has 0 aromatic heterocycles. The van der Waals surface area contributed by atoms with E-state index in [1.54, 1.807) is 0 Å². The van der Waals surface area contributed by atoms with E-state index in [9.17, 15) is 0 Å². The van der Waals surface area contributed by atoms with Gasteiger partial charge in [-0.1, -0.05) is 114 Å². The summed E-state index contributed by atoms with van der Waals surface area (Å²) < 4.78 is 0. The van der Waals surface area contributed by atoms with Crippen molar-refractivity contribution in [3.8, 4) is 0 Å². The zero-order chi connectivity index (χ0) is 23.5. The molecule has 2 unspecified atom stereocenters. The Labute approximate surface area is 214 Å². The Hall–Kier alpha value is -1.66. The number of rotatable bonds is 6. The zero-order valence-corrected chi connectivity index (χ0v) is 22.2. The van der Waals surface area contributed by atoms with E-state index in [0.29, 0.717) is 5.92 Å². The Balaban J connectivity index is 1.31. The first kappa shape index (κ1) is 23.7. The average molecular weight is 487 g/mol. The predicted octanol–water partition coefficient (Wildman–Crippen LogP) is 8.79. The van der Waals surface area contributed by atoms with E-state index < -0.39 is 0 Å². The van der Waals surface area contributed by atoms with Gasteiger partial charge >= 0.3 is 0 Å². The number of nitrogens with one attached hydrogen (secondary N) is 1. The van der Waals surface area contributed by atoms with Gasteiger partial charge in [0.05, 0.1) is 6.04 Å². The van der Waals surface area contributed by atoms with Crippen molar-refractivity contribution in [1.82, 2.24) is 5.32 Å². The van der Waals surface area contributed by atoms with Gasteiger partial charge in [-0.05, 0) is 66.6 Å². The highest BCUT2D eigenvalue weighted by molar-refractivity contribution is 7.60. The second kappa shape index (κ2) is 11.2. The maximum Gasteiger partial charge on any atom is 0.101 e. The molecule has 2 aromatic rings. The fourth-order valence-corrected chi connectivity index (χ4v) is 12.5. The van der Waals surface area contributed by atoms with Crippen LogP contribution in [0.1, 0.15) is 107 Å². The monoisotopic (exact) mass is 486 g/mol. The number of amidine groups is 1. The fraction of sp³-hybridized carbons (Fsp3) is 0.594. The molecule has 3 aliphatic carbocycles. The van der Waals surface area contributed by atoms with Crippen LogP contribution in [0.3, 0.4) is 0 Å². The van der Waals surface area contributed by atoms with Crippen LogP contribution in [0, 0.1) is 5.92 Å². The van der Waals surface area contributed by atoms with Crippen molar-refractivity contribution in [3.05, 3.63) is 71.8 Å². The molecule has 186 valence electrons. The highest BCUT2D eigenvalue weighted by Gasteiger charge is 2.45. The molecule has 35 heavy (non-hydrogen) atoms. The first-order chi connectivity index (χ1) is 17.4. The molecule has 2 aromatic carbocycles. The number of benzene rings is 2. The molecule has 4 aliphatic rings. The number of aliphatic imine (C=N–C) groups is 1. The smallest absolute Gasteiger partial charge is 0.101 e. The standard InChI is InChI=1S/C32H43N2P/c1-5-14-24(15-6-1)30-31(25-16-7-2-8-17-25)34-32(33-30)28-22-13-23-29(28)35(26-18-9-3-10-19-26)27-20-11-4-12-21-27/h1-2,5-8,14-17,26-31H,3-4,9-13,18-23H2,(H,33,34)/t28?,29?,30-,31-/m1/s1. The maximum absolute atomic E-state index is 5.54. The molecule has 3 heteroatoms. The van der Waals surface area contributed by atoms with Gasteiger partial charge < -0.3 is 5.32 Å². The lowest BCUT2D eigenvalue weighted by Gasteiger charge is -2.44. The van der Waals surface area contributed by atoms with E-state index in [0.717, 1.165) is 17.0 Å². The molecule has 0 saturated heterocycles. The van der Waals surface area contributed by atoms with Crippen molar-refractivity contribution in [2.24, 2.45) is 10.9 Å². The average Bonchev–Trinajstić information content (AvgIpc) is 3.59. The fourth-order valence-electron chi connectivity index (χ4n) is 7.76. The summed E-state index contributed by atoms with van der Waals surface area (Å²) in [5.41, 5.74) is 5.68. The Bertz CT molecular complexity index is 944. The van der Waals surface area contributed by atoms with Crippen LogP contribution in [-0.4, -0.2) is 22.8 Å². The van der Waals surface area contributed by atoms with Crippen molar-refractivity contribution >= 4 is 13.8 Å². The third kappa shape index (κ3) is 5.11. The lowest BCUT2D eigenvalue weighted by molar-refractivity contribution is 0.478. The molecule has 0 radical (unpaired) electrons. The van der Waals surface area contributed by atoms with Crippen molar-refractivity contribution in [1.29, 1.82) is 0 Å². The maximum atomic E-state index is 5.54. The van der Waals surface area contributed by atoms with Gasteiger partial charge in [-0.25, -0.2) is 0 Å². The Kier molecular flexibility index (Phi) is 7.57. The van der Waals surface area contributed by atoms with E-state index in [1.165, 1.54) is 100 Å². The predicted molar refractivity (Wildman–Crippen MR) is 151 cm³/mol. The minimum atomic E-state index is 0.0886. The van der Waals surface area contributed by atoms with Crippen molar-refractivity contribution in [2.75, 3.05) is 0 Å². The van der Waals surface area contributed by atoms with Crippen LogP contribution >= 0.6 is 7.92 Å². The third-order valence-corrected chi connectivity index (χ3v) is 13.5. The van der Waals surface area contributed by atoms with E-state index in [2.05, 4.69) is 66.0 Å². The number of hydrogen-bond donors (Lipinski definition) is 1. The van der Waals surface area contributed by atoms with Gasteiger partial charge in [0.25, 0.3) is 0 Å². The third-order valence-electron chi connectivity index (χ3n) is 9.40. The Morgan fingerprint density at radius 2 is 1.17 bits per heavy atom. The summed E-state index contributed by atoms with van der Waals surface area (Å²) in [5.74, 6) is 2.01. The van der Waals surface area contributed by atoms with Gasteiger partial charge in [-0.2, -0.15) is 0 Å². The van der Waals surface area contributed by atoms with Gasteiger partial charge in [0.15, 0.2) is 0 Å². The van der Waals surface area contributed by atoms with Crippen LogP contribution in [0.2, 0.25) is 0 Å². The Morgan fingerprint density at radius 1 is 0.600 bits per heavy atom. The SMILES string of the molecule is c1ccc([C@H]2N=C(C3CCCC3P(C3CCCCC3)C3CCCCC3)N[C@@H]2c2ccccc2)cc1. The molecular weight excluding hydrogens is 443 g/mol. The molecule has 4 atom stereocenters. The normalized spacial score (nSPS) is 30.4. The van der Waals surface area contributed by atoms with Crippen LogP contribution in [-0.2, 0) is 0 Å². The minimum Gasteiger partial charge on any atom is -0.364 e.